The van der Waals surface area contributed by atoms with Gasteiger partial charge in [0.1, 0.15) is 17.1 Å². The summed E-state index contributed by atoms with van der Waals surface area (Å²) >= 11 is 0. The fourth-order valence-electron chi connectivity index (χ4n) is 3.41. The van der Waals surface area contributed by atoms with Crippen molar-refractivity contribution in [3.63, 3.8) is 0 Å². The van der Waals surface area contributed by atoms with Gasteiger partial charge in [0.05, 0.1) is 5.39 Å². The van der Waals surface area contributed by atoms with E-state index < -0.39 is 12.6 Å². The lowest BCUT2D eigenvalue weighted by Crippen LogP contribution is -2.10. The van der Waals surface area contributed by atoms with Gasteiger partial charge in [-0.2, -0.15) is 0 Å². The van der Waals surface area contributed by atoms with Gasteiger partial charge in [0.25, 0.3) is 0 Å². The zero-order chi connectivity index (χ0) is 19.0. The number of fused-ring (bicyclic) bond motifs is 2. The number of ether oxygens (including phenoxy) is 1. The Balaban J connectivity index is 1.79. The predicted octanol–water partition coefficient (Wildman–Crippen LogP) is 4.05. The molecule has 0 spiro atoms. The number of allylic oxidation sites excluding steroid dienone is 1. The van der Waals surface area contributed by atoms with Crippen LogP contribution in [0.2, 0.25) is 0 Å². The van der Waals surface area contributed by atoms with Gasteiger partial charge in [0, 0.05) is 11.6 Å². The third-order valence-electron chi connectivity index (χ3n) is 4.64. The number of aryl methyl sites for hydroxylation is 1. The van der Waals surface area contributed by atoms with Crippen LogP contribution in [-0.4, -0.2) is 17.7 Å². The van der Waals surface area contributed by atoms with Crippen molar-refractivity contribution >= 4 is 28.6 Å². The molecule has 136 valence electrons. The molecule has 1 N–H and O–H groups in total. The summed E-state index contributed by atoms with van der Waals surface area (Å²) in [7, 11) is 0. The first-order valence-electron chi connectivity index (χ1n) is 8.73. The summed E-state index contributed by atoms with van der Waals surface area (Å²) in [6.07, 6.45) is 3.46. The molecule has 0 fully saturated rings. The summed E-state index contributed by atoms with van der Waals surface area (Å²) in [6, 6.07) is 12.9. The van der Waals surface area contributed by atoms with Crippen LogP contribution < -0.4 is 10.2 Å². The van der Waals surface area contributed by atoms with E-state index in [2.05, 4.69) is 12.1 Å². The minimum atomic E-state index is -1.06. The van der Waals surface area contributed by atoms with Crippen LogP contribution >= 0.6 is 0 Å². The highest BCUT2D eigenvalue weighted by Gasteiger charge is 2.24. The SMILES string of the molecule is Cc1cccc(C=C2CCc3c2oc2cc(OCC(=O)O)ccc2c3=O)c1. The highest BCUT2D eigenvalue weighted by molar-refractivity contribution is 5.87. The van der Waals surface area contributed by atoms with Crippen molar-refractivity contribution in [2.45, 2.75) is 19.8 Å². The number of carbonyl (C=O) groups is 1. The summed E-state index contributed by atoms with van der Waals surface area (Å²) in [6.45, 7) is 1.59. The first kappa shape index (κ1) is 17.1. The average molecular weight is 362 g/mol. The summed E-state index contributed by atoms with van der Waals surface area (Å²) < 4.78 is 11.2. The Bertz CT molecular complexity index is 1140. The Labute approximate surface area is 155 Å². The summed E-state index contributed by atoms with van der Waals surface area (Å²) in [5.74, 6) is -0.0894. The number of benzene rings is 2. The van der Waals surface area contributed by atoms with Crippen molar-refractivity contribution in [2.24, 2.45) is 0 Å². The summed E-state index contributed by atoms with van der Waals surface area (Å²) in [5, 5.41) is 9.23. The molecule has 5 heteroatoms. The van der Waals surface area contributed by atoms with Crippen LogP contribution in [0.3, 0.4) is 0 Å². The molecule has 0 aliphatic heterocycles. The lowest BCUT2D eigenvalue weighted by atomic mass is 10.1. The van der Waals surface area contributed by atoms with Gasteiger partial charge in [-0.3, -0.25) is 4.79 Å². The lowest BCUT2D eigenvalue weighted by molar-refractivity contribution is -0.139. The maximum Gasteiger partial charge on any atom is 0.341 e. The molecule has 0 atom stereocenters. The maximum absolute atomic E-state index is 12.8. The van der Waals surface area contributed by atoms with Crippen LogP contribution in [0, 0.1) is 6.92 Å². The normalized spacial score (nSPS) is 14.5. The highest BCUT2D eigenvalue weighted by Crippen LogP contribution is 2.34. The van der Waals surface area contributed by atoms with Gasteiger partial charge >= 0.3 is 5.97 Å². The molecule has 1 heterocycles. The van der Waals surface area contributed by atoms with E-state index in [4.69, 9.17) is 14.3 Å². The second-order valence-electron chi connectivity index (χ2n) is 6.66. The van der Waals surface area contributed by atoms with Crippen molar-refractivity contribution < 1.29 is 19.1 Å². The van der Waals surface area contributed by atoms with Gasteiger partial charge in [-0.1, -0.05) is 29.8 Å². The zero-order valence-electron chi connectivity index (χ0n) is 14.8. The number of aliphatic carboxylic acids is 1. The molecule has 3 aromatic rings. The first-order valence-corrected chi connectivity index (χ1v) is 8.73. The lowest BCUT2D eigenvalue weighted by Gasteiger charge is -2.07. The third kappa shape index (κ3) is 3.36. The molecule has 4 rings (SSSR count). The smallest absolute Gasteiger partial charge is 0.341 e. The third-order valence-corrected chi connectivity index (χ3v) is 4.64. The van der Waals surface area contributed by atoms with E-state index in [1.54, 1.807) is 18.2 Å². The molecule has 0 radical (unpaired) electrons. The number of carboxylic acid groups (broad SMARTS) is 1. The molecule has 1 aliphatic rings. The van der Waals surface area contributed by atoms with E-state index in [1.807, 2.05) is 25.1 Å². The second kappa shape index (κ2) is 6.76. The highest BCUT2D eigenvalue weighted by atomic mass is 16.5. The quantitative estimate of drug-likeness (QED) is 0.758. The van der Waals surface area contributed by atoms with Crippen molar-refractivity contribution in [2.75, 3.05) is 6.61 Å². The Kier molecular flexibility index (Phi) is 4.28. The molecule has 0 amide bonds. The fraction of sp³-hybridized carbons (Fsp3) is 0.182. The Morgan fingerprint density at radius 1 is 1.22 bits per heavy atom. The van der Waals surface area contributed by atoms with Crippen molar-refractivity contribution in [3.05, 3.63) is 75.1 Å². The topological polar surface area (TPSA) is 76.7 Å². The van der Waals surface area contributed by atoms with E-state index in [-0.39, 0.29) is 5.43 Å². The van der Waals surface area contributed by atoms with Gasteiger partial charge < -0.3 is 14.3 Å². The molecule has 0 saturated heterocycles. The summed E-state index contributed by atoms with van der Waals surface area (Å²) in [5.41, 5.74) is 4.29. The second-order valence-corrected chi connectivity index (χ2v) is 6.66. The molecule has 2 aromatic carbocycles. The minimum Gasteiger partial charge on any atom is -0.482 e. The molecule has 5 nitrogen and oxygen atoms in total. The van der Waals surface area contributed by atoms with Crippen molar-refractivity contribution in [3.8, 4) is 5.75 Å². The fourth-order valence-corrected chi connectivity index (χ4v) is 3.41. The van der Waals surface area contributed by atoms with Crippen LogP contribution in [0.5, 0.6) is 5.75 Å². The van der Waals surface area contributed by atoms with E-state index in [0.29, 0.717) is 34.5 Å². The molecular formula is C22H18O5. The maximum atomic E-state index is 12.8. The van der Waals surface area contributed by atoms with E-state index in [9.17, 15) is 9.59 Å². The average Bonchev–Trinajstić information content (AvgIpc) is 3.03. The Hall–Kier alpha value is -3.34. The monoisotopic (exact) mass is 362 g/mol. The summed E-state index contributed by atoms with van der Waals surface area (Å²) in [4.78, 5) is 23.5. The van der Waals surface area contributed by atoms with Crippen LogP contribution in [0.4, 0.5) is 0 Å². The molecule has 1 aliphatic carbocycles. The van der Waals surface area contributed by atoms with Crippen LogP contribution in [-0.2, 0) is 11.2 Å². The predicted molar refractivity (Wildman–Crippen MR) is 103 cm³/mol. The van der Waals surface area contributed by atoms with Gasteiger partial charge in [0.2, 0.25) is 0 Å². The van der Waals surface area contributed by atoms with E-state index in [0.717, 1.165) is 17.6 Å². The van der Waals surface area contributed by atoms with Gasteiger partial charge in [-0.25, -0.2) is 4.79 Å². The number of hydrogen-bond acceptors (Lipinski definition) is 4. The largest absolute Gasteiger partial charge is 0.482 e. The van der Waals surface area contributed by atoms with Crippen molar-refractivity contribution in [1.82, 2.24) is 0 Å². The van der Waals surface area contributed by atoms with E-state index in [1.165, 1.54) is 5.56 Å². The number of rotatable bonds is 4. The number of carboxylic acids is 1. The standard InChI is InChI=1S/C22H18O5/c1-13-3-2-4-14(9-13)10-15-5-7-18-21(25)17-8-6-16(26-12-20(23)24)11-19(17)27-22(15)18/h2-4,6,8-11H,5,7,12H2,1H3,(H,23,24). The molecule has 0 unspecified atom stereocenters. The van der Waals surface area contributed by atoms with Crippen LogP contribution in [0.1, 0.15) is 28.9 Å². The molecule has 0 saturated carbocycles. The zero-order valence-corrected chi connectivity index (χ0v) is 14.8. The molecule has 0 bridgehead atoms. The van der Waals surface area contributed by atoms with Gasteiger partial charge in [-0.15, -0.1) is 0 Å². The minimum absolute atomic E-state index is 0.0383. The van der Waals surface area contributed by atoms with Gasteiger partial charge in [-0.05, 0) is 49.1 Å². The number of hydrogen-bond donors (Lipinski definition) is 1. The molecular weight excluding hydrogens is 344 g/mol. The first-order chi connectivity index (χ1) is 13.0. The van der Waals surface area contributed by atoms with Crippen LogP contribution in [0.15, 0.2) is 51.7 Å². The van der Waals surface area contributed by atoms with Crippen molar-refractivity contribution in [1.29, 1.82) is 0 Å². The van der Waals surface area contributed by atoms with Gasteiger partial charge in [0.15, 0.2) is 12.0 Å². The molecule has 1 aromatic heterocycles. The molecule has 27 heavy (non-hydrogen) atoms. The Morgan fingerprint density at radius 3 is 2.85 bits per heavy atom. The van der Waals surface area contributed by atoms with E-state index >= 15 is 0 Å². The van der Waals surface area contributed by atoms with Crippen LogP contribution in [0.25, 0.3) is 22.6 Å². The Morgan fingerprint density at radius 2 is 2.07 bits per heavy atom.